The van der Waals surface area contributed by atoms with Gasteiger partial charge in [-0.05, 0) is 30.8 Å². The van der Waals surface area contributed by atoms with Crippen LogP contribution in [0, 0.1) is 25.2 Å². The molecule has 0 saturated heterocycles. The normalized spacial score (nSPS) is 12.4. The maximum Gasteiger partial charge on any atom is 0.0171 e. The molecule has 0 rings (SSSR count). The first-order valence-corrected chi connectivity index (χ1v) is 6.29. The summed E-state index contributed by atoms with van der Waals surface area (Å²) < 4.78 is 0. The van der Waals surface area contributed by atoms with E-state index in [1.165, 1.54) is 37.2 Å². The minimum Gasteiger partial charge on any atom is -0.162 e. The maximum atomic E-state index is 5.29. The highest BCUT2D eigenvalue weighted by atomic mass is 32.2. The number of rotatable bonds is 8. The van der Waals surface area contributed by atoms with Crippen molar-refractivity contribution in [2.45, 2.75) is 39.0 Å². The second kappa shape index (κ2) is 9.99. The molecule has 1 radical (unpaired) electrons. The first-order valence-electron chi connectivity index (χ1n) is 5.14. The van der Waals surface area contributed by atoms with Gasteiger partial charge in [-0.3, -0.25) is 0 Å². The monoisotopic (exact) mass is 197 g/mol. The fourth-order valence-electron chi connectivity index (χ4n) is 1.12. The Morgan fingerprint density at radius 1 is 1.31 bits per heavy atom. The molecule has 0 aromatic rings. The summed E-state index contributed by atoms with van der Waals surface area (Å²) in [5.41, 5.74) is 0. The van der Waals surface area contributed by atoms with Gasteiger partial charge in [0.1, 0.15) is 0 Å². The lowest BCUT2D eigenvalue weighted by Crippen LogP contribution is -1.90. The molecule has 13 heavy (non-hydrogen) atoms. The molecule has 0 heterocycles. The van der Waals surface area contributed by atoms with Crippen LogP contribution in [0.2, 0.25) is 0 Å². The van der Waals surface area contributed by atoms with Crippen LogP contribution in [0.4, 0.5) is 0 Å². The van der Waals surface area contributed by atoms with Gasteiger partial charge in [-0.1, -0.05) is 26.7 Å². The molecule has 0 aliphatic carbocycles. The van der Waals surface area contributed by atoms with Gasteiger partial charge in [-0.2, -0.15) is 11.8 Å². The Hall–Kier alpha value is -0.0900. The van der Waals surface area contributed by atoms with Crippen LogP contribution < -0.4 is 0 Å². The molecule has 0 amide bonds. The lowest BCUT2D eigenvalue weighted by Gasteiger charge is -2.03. The Bertz CT molecular complexity index is 135. The lowest BCUT2D eigenvalue weighted by molar-refractivity contribution is 0.590. The zero-order chi connectivity index (χ0) is 9.94. The van der Waals surface area contributed by atoms with E-state index in [0.29, 0.717) is 5.92 Å². The molecule has 0 aliphatic heterocycles. The van der Waals surface area contributed by atoms with Gasteiger partial charge in [0.15, 0.2) is 0 Å². The summed E-state index contributed by atoms with van der Waals surface area (Å²) in [5.74, 6) is 5.73. The maximum absolute atomic E-state index is 5.29. The molecule has 1 heteroatoms. The molecule has 0 aromatic heterocycles. The van der Waals surface area contributed by atoms with Crippen molar-refractivity contribution < 1.29 is 0 Å². The summed E-state index contributed by atoms with van der Waals surface area (Å²) in [6.45, 7) is 5.93. The predicted molar refractivity (Wildman–Crippen MR) is 63.8 cm³/mol. The number of thioether (sulfide) groups is 1. The van der Waals surface area contributed by atoms with Crippen LogP contribution in [-0.2, 0) is 0 Å². The van der Waals surface area contributed by atoms with E-state index in [2.05, 4.69) is 19.8 Å². The largest absolute Gasteiger partial charge is 0.162 e. The van der Waals surface area contributed by atoms with Gasteiger partial charge in [0.2, 0.25) is 0 Å². The third kappa shape index (κ3) is 9.83. The smallest absolute Gasteiger partial charge is 0.0171 e. The van der Waals surface area contributed by atoms with Gasteiger partial charge in [-0.25, -0.2) is 0 Å². The third-order valence-corrected chi connectivity index (χ3v) is 3.15. The first-order chi connectivity index (χ1) is 6.31. The SMILES string of the molecule is C#CC(C)CCCCCSCC[CH2]. The van der Waals surface area contributed by atoms with Crippen molar-refractivity contribution in [1.82, 2.24) is 0 Å². The van der Waals surface area contributed by atoms with Gasteiger partial charge in [-0.15, -0.1) is 12.3 Å². The van der Waals surface area contributed by atoms with E-state index in [0.717, 1.165) is 6.42 Å². The molecule has 0 nitrogen and oxygen atoms in total. The first kappa shape index (κ1) is 12.9. The van der Waals surface area contributed by atoms with Crippen molar-refractivity contribution in [2.75, 3.05) is 11.5 Å². The number of hydrogen-bond acceptors (Lipinski definition) is 1. The van der Waals surface area contributed by atoms with Gasteiger partial charge >= 0.3 is 0 Å². The zero-order valence-electron chi connectivity index (χ0n) is 8.72. The molecular weight excluding hydrogens is 176 g/mol. The summed E-state index contributed by atoms with van der Waals surface area (Å²) in [4.78, 5) is 0. The van der Waals surface area contributed by atoms with Crippen molar-refractivity contribution in [3.8, 4) is 12.3 Å². The Kier molecular flexibility index (Phi) is 9.92. The summed E-state index contributed by atoms with van der Waals surface area (Å²) >= 11 is 2.02. The minimum absolute atomic E-state index is 0.465. The second-order valence-corrected chi connectivity index (χ2v) is 4.61. The summed E-state index contributed by atoms with van der Waals surface area (Å²) in [6, 6.07) is 0. The fraction of sp³-hybridized carbons (Fsp3) is 0.750. The highest BCUT2D eigenvalue weighted by Crippen LogP contribution is 2.11. The molecule has 0 N–H and O–H groups in total. The standard InChI is InChI=1S/C12H21S/c1-4-10-13-11-8-6-7-9-12(3)5-2/h2,12H,1,4,6-11H2,3H3. The highest BCUT2D eigenvalue weighted by Gasteiger charge is 1.96. The van der Waals surface area contributed by atoms with Crippen LogP contribution >= 0.6 is 11.8 Å². The molecule has 0 bridgehead atoms. The van der Waals surface area contributed by atoms with E-state index < -0.39 is 0 Å². The minimum atomic E-state index is 0.465. The summed E-state index contributed by atoms with van der Waals surface area (Å²) in [7, 11) is 0. The third-order valence-electron chi connectivity index (χ3n) is 2.00. The number of hydrogen-bond donors (Lipinski definition) is 0. The molecule has 0 saturated carbocycles. The summed E-state index contributed by atoms with van der Waals surface area (Å²) in [6.07, 6.45) is 11.5. The van der Waals surface area contributed by atoms with Crippen molar-refractivity contribution in [3.63, 3.8) is 0 Å². The Labute approximate surface area is 87.9 Å². The van der Waals surface area contributed by atoms with E-state index in [1.54, 1.807) is 0 Å². The van der Waals surface area contributed by atoms with Gasteiger partial charge in [0.05, 0.1) is 0 Å². The lowest BCUT2D eigenvalue weighted by atomic mass is 10.0. The van der Waals surface area contributed by atoms with E-state index in [9.17, 15) is 0 Å². The van der Waals surface area contributed by atoms with Crippen LogP contribution in [0.5, 0.6) is 0 Å². The van der Waals surface area contributed by atoms with Crippen molar-refractivity contribution in [2.24, 2.45) is 5.92 Å². The quantitative estimate of drug-likeness (QED) is 0.421. The topological polar surface area (TPSA) is 0 Å². The second-order valence-electron chi connectivity index (χ2n) is 3.38. The van der Waals surface area contributed by atoms with E-state index in [4.69, 9.17) is 6.42 Å². The van der Waals surface area contributed by atoms with Crippen LogP contribution in [-0.4, -0.2) is 11.5 Å². The molecule has 75 valence electrons. The summed E-state index contributed by atoms with van der Waals surface area (Å²) in [5, 5.41) is 0. The van der Waals surface area contributed by atoms with Crippen LogP contribution in [0.3, 0.4) is 0 Å². The Morgan fingerprint density at radius 3 is 2.69 bits per heavy atom. The zero-order valence-corrected chi connectivity index (χ0v) is 9.54. The van der Waals surface area contributed by atoms with Crippen molar-refractivity contribution in [1.29, 1.82) is 0 Å². The molecule has 1 unspecified atom stereocenters. The predicted octanol–water partition coefficient (Wildman–Crippen LogP) is 3.77. The van der Waals surface area contributed by atoms with Crippen LogP contribution in [0.25, 0.3) is 0 Å². The molecule has 0 aromatic carbocycles. The van der Waals surface area contributed by atoms with Crippen molar-refractivity contribution in [3.05, 3.63) is 6.92 Å². The molecular formula is C12H21S. The Morgan fingerprint density at radius 2 is 2.08 bits per heavy atom. The number of unbranched alkanes of at least 4 members (excludes halogenated alkanes) is 2. The molecule has 1 atom stereocenters. The van der Waals surface area contributed by atoms with E-state index >= 15 is 0 Å². The van der Waals surface area contributed by atoms with E-state index in [1.807, 2.05) is 11.8 Å². The molecule has 0 fully saturated rings. The van der Waals surface area contributed by atoms with Crippen LogP contribution in [0.15, 0.2) is 0 Å². The van der Waals surface area contributed by atoms with Gasteiger partial charge in [0.25, 0.3) is 0 Å². The fourth-order valence-corrected chi connectivity index (χ4v) is 1.94. The van der Waals surface area contributed by atoms with Gasteiger partial charge in [0, 0.05) is 5.92 Å². The highest BCUT2D eigenvalue weighted by molar-refractivity contribution is 7.99. The average molecular weight is 197 g/mol. The van der Waals surface area contributed by atoms with E-state index in [-0.39, 0.29) is 0 Å². The molecule has 0 aliphatic rings. The van der Waals surface area contributed by atoms with Crippen LogP contribution in [0.1, 0.15) is 39.0 Å². The Balaban J connectivity index is 2.96. The van der Waals surface area contributed by atoms with Crippen molar-refractivity contribution >= 4 is 11.8 Å². The number of terminal acetylenes is 1. The molecule has 0 spiro atoms. The average Bonchev–Trinajstić information content (AvgIpc) is 2.16. The van der Waals surface area contributed by atoms with Gasteiger partial charge < -0.3 is 0 Å².